The van der Waals surface area contributed by atoms with Gasteiger partial charge in [0.1, 0.15) is 12.4 Å². The normalized spacial score (nSPS) is 20.9. The highest BCUT2D eigenvalue weighted by Crippen LogP contribution is 2.32. The third-order valence-electron chi connectivity index (χ3n) is 6.09. The summed E-state index contributed by atoms with van der Waals surface area (Å²) in [4.78, 5) is 15.2. The van der Waals surface area contributed by atoms with E-state index in [-0.39, 0.29) is 11.9 Å². The van der Waals surface area contributed by atoms with Gasteiger partial charge in [-0.2, -0.15) is 10.4 Å². The van der Waals surface area contributed by atoms with Gasteiger partial charge in [0.05, 0.1) is 29.9 Å². The molecular weight excluding hydrogens is 366 g/mol. The molecule has 1 N–H and O–H groups in total. The summed E-state index contributed by atoms with van der Waals surface area (Å²) in [6.07, 6.45) is 4.73. The number of amides is 1. The second kappa shape index (κ2) is 7.53. The van der Waals surface area contributed by atoms with Gasteiger partial charge >= 0.3 is 0 Å². The SMILES string of the molecule is N#Cc1ccc2c(c1)C[C@@H](NC(=O)c1cc3n(n1)CCN(CCC1CC1)C3)CO2. The largest absolute Gasteiger partial charge is 0.491 e. The summed E-state index contributed by atoms with van der Waals surface area (Å²) in [5, 5.41) is 16.7. The fourth-order valence-electron chi connectivity index (χ4n) is 4.21. The van der Waals surface area contributed by atoms with Crippen LogP contribution >= 0.6 is 0 Å². The van der Waals surface area contributed by atoms with E-state index in [0.29, 0.717) is 24.3 Å². The molecular formula is C22H25N5O2. The van der Waals surface area contributed by atoms with Crippen molar-refractivity contribution < 1.29 is 9.53 Å². The number of rotatable bonds is 5. The number of aromatic nitrogens is 2. The monoisotopic (exact) mass is 391 g/mol. The van der Waals surface area contributed by atoms with Crippen molar-refractivity contribution in [3.8, 4) is 11.8 Å². The van der Waals surface area contributed by atoms with Gasteiger partial charge in [0.25, 0.3) is 5.91 Å². The Labute approximate surface area is 170 Å². The lowest BCUT2D eigenvalue weighted by Gasteiger charge is -2.27. The first-order valence-corrected chi connectivity index (χ1v) is 10.4. The van der Waals surface area contributed by atoms with Crippen molar-refractivity contribution in [1.82, 2.24) is 20.0 Å². The fourth-order valence-corrected chi connectivity index (χ4v) is 4.21. The van der Waals surface area contributed by atoms with Gasteiger partial charge < -0.3 is 10.1 Å². The predicted molar refractivity (Wildman–Crippen MR) is 106 cm³/mol. The third-order valence-corrected chi connectivity index (χ3v) is 6.09. The van der Waals surface area contributed by atoms with E-state index in [2.05, 4.69) is 21.4 Å². The van der Waals surface area contributed by atoms with E-state index in [1.165, 1.54) is 19.3 Å². The minimum absolute atomic E-state index is 0.127. The molecule has 3 heterocycles. The molecule has 0 radical (unpaired) electrons. The summed E-state index contributed by atoms with van der Waals surface area (Å²) in [7, 11) is 0. The van der Waals surface area contributed by atoms with Gasteiger partial charge in [0, 0.05) is 13.1 Å². The summed E-state index contributed by atoms with van der Waals surface area (Å²) in [6.45, 7) is 4.26. The molecule has 0 saturated heterocycles. The van der Waals surface area contributed by atoms with Crippen LogP contribution in [-0.2, 0) is 19.5 Å². The molecule has 1 aromatic heterocycles. The highest BCUT2D eigenvalue weighted by molar-refractivity contribution is 5.92. The minimum atomic E-state index is -0.162. The number of nitriles is 1. The van der Waals surface area contributed by atoms with E-state index in [1.54, 1.807) is 6.07 Å². The van der Waals surface area contributed by atoms with E-state index in [0.717, 1.165) is 49.1 Å². The quantitative estimate of drug-likeness (QED) is 0.844. The maximum atomic E-state index is 12.8. The maximum Gasteiger partial charge on any atom is 0.272 e. The average Bonchev–Trinajstić information content (AvgIpc) is 3.48. The van der Waals surface area contributed by atoms with E-state index in [4.69, 9.17) is 10.00 Å². The minimum Gasteiger partial charge on any atom is -0.491 e. The van der Waals surface area contributed by atoms with Crippen LogP contribution in [0.5, 0.6) is 5.75 Å². The Morgan fingerprint density at radius 2 is 2.21 bits per heavy atom. The lowest BCUT2D eigenvalue weighted by atomic mass is 10.0. The molecule has 7 heteroatoms. The molecule has 2 aromatic rings. The molecule has 3 aliphatic rings. The molecule has 0 unspecified atom stereocenters. The molecule has 1 amide bonds. The molecule has 1 atom stereocenters. The molecule has 1 saturated carbocycles. The standard InChI is InChI=1S/C22H25N5O2/c23-12-16-3-4-21-17(9-16)10-18(14-29-21)24-22(28)20-11-19-13-26(6-5-15-1-2-15)7-8-27(19)25-20/h3-4,9,11,15,18H,1-2,5-8,10,13-14H2,(H,24,28)/t18-/m1/s1. The number of carbonyl (C=O) groups is 1. The first-order valence-electron chi connectivity index (χ1n) is 10.4. The summed E-state index contributed by atoms with van der Waals surface area (Å²) in [5.41, 5.74) is 3.14. The second-order valence-electron chi connectivity index (χ2n) is 8.37. The van der Waals surface area contributed by atoms with Gasteiger partial charge in [-0.15, -0.1) is 0 Å². The number of carbonyl (C=O) groups excluding carboxylic acids is 1. The number of nitrogens with zero attached hydrogens (tertiary/aromatic N) is 4. The number of hydrogen-bond donors (Lipinski definition) is 1. The summed E-state index contributed by atoms with van der Waals surface area (Å²) < 4.78 is 7.73. The Bertz CT molecular complexity index is 972. The van der Waals surface area contributed by atoms with Crippen molar-refractivity contribution in [2.24, 2.45) is 5.92 Å². The highest BCUT2D eigenvalue weighted by atomic mass is 16.5. The Morgan fingerprint density at radius 3 is 3.03 bits per heavy atom. The first kappa shape index (κ1) is 18.2. The molecule has 0 spiro atoms. The van der Waals surface area contributed by atoms with E-state index in [9.17, 15) is 4.79 Å². The van der Waals surface area contributed by atoms with Crippen LogP contribution in [0.1, 0.15) is 46.6 Å². The van der Waals surface area contributed by atoms with Crippen molar-refractivity contribution in [3.05, 3.63) is 46.8 Å². The number of benzene rings is 1. The summed E-state index contributed by atoms with van der Waals surface area (Å²) >= 11 is 0. The molecule has 7 nitrogen and oxygen atoms in total. The third kappa shape index (κ3) is 3.99. The number of fused-ring (bicyclic) bond motifs is 2. The molecule has 29 heavy (non-hydrogen) atoms. The van der Waals surface area contributed by atoms with Crippen molar-refractivity contribution in [2.45, 2.75) is 44.8 Å². The Hall–Kier alpha value is -2.85. The summed E-state index contributed by atoms with van der Waals surface area (Å²) in [6, 6.07) is 9.35. The maximum absolute atomic E-state index is 12.8. The summed E-state index contributed by atoms with van der Waals surface area (Å²) in [5.74, 6) is 1.57. The molecule has 2 aliphatic heterocycles. The fraction of sp³-hybridized carbons (Fsp3) is 0.500. The van der Waals surface area contributed by atoms with Gasteiger partial charge in [-0.1, -0.05) is 12.8 Å². The zero-order valence-electron chi connectivity index (χ0n) is 16.4. The predicted octanol–water partition coefficient (Wildman–Crippen LogP) is 2.10. The van der Waals surface area contributed by atoms with Gasteiger partial charge in [-0.25, -0.2) is 0 Å². The van der Waals surface area contributed by atoms with Gasteiger partial charge in [0.2, 0.25) is 0 Å². The Balaban J connectivity index is 1.21. The average molecular weight is 391 g/mol. The molecule has 1 aromatic carbocycles. The lowest BCUT2D eigenvalue weighted by Crippen LogP contribution is -2.42. The molecule has 0 bridgehead atoms. The zero-order valence-corrected chi connectivity index (χ0v) is 16.4. The smallest absolute Gasteiger partial charge is 0.272 e. The van der Waals surface area contributed by atoms with Crippen LogP contribution < -0.4 is 10.1 Å². The molecule has 1 fully saturated rings. The van der Waals surface area contributed by atoms with E-state index < -0.39 is 0 Å². The van der Waals surface area contributed by atoms with Gasteiger partial charge in [0.15, 0.2) is 5.69 Å². The van der Waals surface area contributed by atoms with Crippen molar-refractivity contribution in [3.63, 3.8) is 0 Å². The van der Waals surface area contributed by atoms with Crippen molar-refractivity contribution in [1.29, 1.82) is 5.26 Å². The van der Waals surface area contributed by atoms with E-state index >= 15 is 0 Å². The van der Waals surface area contributed by atoms with Crippen LogP contribution in [0.2, 0.25) is 0 Å². The molecule has 150 valence electrons. The zero-order chi connectivity index (χ0) is 19.8. The number of hydrogen-bond acceptors (Lipinski definition) is 5. The van der Waals surface area contributed by atoms with Crippen LogP contribution in [0.15, 0.2) is 24.3 Å². The van der Waals surface area contributed by atoms with Gasteiger partial charge in [-0.3, -0.25) is 14.4 Å². The first-order chi connectivity index (χ1) is 14.2. The molecule has 1 aliphatic carbocycles. The van der Waals surface area contributed by atoms with Crippen LogP contribution in [0.25, 0.3) is 0 Å². The number of nitrogens with one attached hydrogen (secondary N) is 1. The van der Waals surface area contributed by atoms with Gasteiger partial charge in [-0.05, 0) is 55.1 Å². The van der Waals surface area contributed by atoms with E-state index in [1.807, 2.05) is 22.9 Å². The van der Waals surface area contributed by atoms with Crippen LogP contribution in [0.4, 0.5) is 0 Å². The van der Waals surface area contributed by atoms with Crippen LogP contribution in [-0.4, -0.2) is 46.3 Å². The molecule has 5 rings (SSSR count). The Morgan fingerprint density at radius 1 is 1.31 bits per heavy atom. The topological polar surface area (TPSA) is 83.2 Å². The van der Waals surface area contributed by atoms with Crippen molar-refractivity contribution in [2.75, 3.05) is 19.7 Å². The Kier molecular flexibility index (Phi) is 4.72. The van der Waals surface area contributed by atoms with Crippen molar-refractivity contribution >= 4 is 5.91 Å². The van der Waals surface area contributed by atoms with Crippen LogP contribution in [0.3, 0.4) is 0 Å². The lowest BCUT2D eigenvalue weighted by molar-refractivity contribution is 0.0909. The highest BCUT2D eigenvalue weighted by Gasteiger charge is 2.26. The van der Waals surface area contributed by atoms with Crippen LogP contribution in [0, 0.1) is 17.2 Å². The number of ether oxygens (including phenoxy) is 1. The second-order valence-corrected chi connectivity index (χ2v) is 8.37.